The minimum absolute atomic E-state index is 0.119. The third-order valence-electron chi connectivity index (χ3n) is 6.08. The first-order valence-corrected chi connectivity index (χ1v) is 11.8. The number of amides is 1. The zero-order valence-electron chi connectivity index (χ0n) is 16.7. The molecular formula is C20H24FN5O3S. The second-order valence-corrected chi connectivity index (χ2v) is 10.1. The SMILES string of the molecule is CC1COc2c(S(=N)(N)=O)c(C(=O)Nc3c4c(cc5c3C[C@@H](F)C5)CCC4)nn2C1. The first-order chi connectivity index (χ1) is 14.2. The minimum Gasteiger partial charge on any atom is -0.477 e. The monoisotopic (exact) mass is 433 g/mol. The molecule has 2 aliphatic carbocycles. The van der Waals surface area contributed by atoms with Gasteiger partial charge in [-0.1, -0.05) is 13.0 Å². The van der Waals surface area contributed by atoms with Crippen LogP contribution in [-0.4, -0.2) is 32.7 Å². The lowest BCUT2D eigenvalue weighted by Crippen LogP contribution is -2.24. The highest BCUT2D eigenvalue weighted by Gasteiger charge is 2.35. The smallest absolute Gasteiger partial charge is 0.277 e. The van der Waals surface area contributed by atoms with E-state index in [-0.39, 0.29) is 28.8 Å². The average molecular weight is 434 g/mol. The Bertz CT molecular complexity index is 1170. The van der Waals surface area contributed by atoms with Crippen LogP contribution in [0.4, 0.5) is 10.1 Å². The molecule has 0 radical (unpaired) electrons. The Kier molecular flexibility index (Phi) is 4.41. The van der Waals surface area contributed by atoms with Gasteiger partial charge in [0, 0.05) is 24.4 Å². The van der Waals surface area contributed by atoms with Gasteiger partial charge in [-0.15, -0.1) is 0 Å². The number of carbonyl (C=O) groups excluding carboxylic acids is 1. The summed E-state index contributed by atoms with van der Waals surface area (Å²) in [7, 11) is -3.75. The van der Waals surface area contributed by atoms with E-state index in [1.165, 1.54) is 4.68 Å². The summed E-state index contributed by atoms with van der Waals surface area (Å²) in [5.41, 5.74) is 4.41. The first-order valence-electron chi connectivity index (χ1n) is 10.1. The maximum atomic E-state index is 14.1. The number of rotatable bonds is 3. The van der Waals surface area contributed by atoms with Crippen LogP contribution in [0.5, 0.6) is 5.88 Å². The van der Waals surface area contributed by atoms with Gasteiger partial charge in [0.15, 0.2) is 10.6 Å². The molecule has 30 heavy (non-hydrogen) atoms. The van der Waals surface area contributed by atoms with Crippen molar-refractivity contribution in [3.63, 3.8) is 0 Å². The van der Waals surface area contributed by atoms with Crippen LogP contribution < -0.4 is 15.2 Å². The number of nitrogens with zero attached hydrogens (tertiary/aromatic N) is 2. The van der Waals surface area contributed by atoms with Crippen LogP contribution in [0, 0.1) is 10.7 Å². The normalized spacial score (nSPS) is 23.8. The Balaban J connectivity index is 1.58. The number of aryl methyl sites for hydroxylation is 1. The largest absolute Gasteiger partial charge is 0.477 e. The van der Waals surface area contributed by atoms with Crippen LogP contribution >= 0.6 is 0 Å². The van der Waals surface area contributed by atoms with E-state index in [0.29, 0.717) is 25.3 Å². The molecule has 1 aromatic carbocycles. The molecule has 0 spiro atoms. The molecule has 4 N–H and O–H groups in total. The summed E-state index contributed by atoms with van der Waals surface area (Å²) >= 11 is 0. The van der Waals surface area contributed by atoms with Gasteiger partial charge in [-0.05, 0) is 41.5 Å². The van der Waals surface area contributed by atoms with Gasteiger partial charge in [-0.2, -0.15) is 5.10 Å². The number of aromatic nitrogens is 2. The van der Waals surface area contributed by atoms with E-state index in [1.807, 2.05) is 6.92 Å². The van der Waals surface area contributed by atoms with Crippen molar-refractivity contribution in [2.75, 3.05) is 11.9 Å². The summed E-state index contributed by atoms with van der Waals surface area (Å²) in [5.74, 6) is -0.325. The molecule has 2 unspecified atom stereocenters. The number of nitrogens with one attached hydrogen (secondary N) is 2. The van der Waals surface area contributed by atoms with Crippen LogP contribution in [0.25, 0.3) is 0 Å². The molecule has 2 heterocycles. The Hall–Kier alpha value is -2.46. The maximum Gasteiger partial charge on any atom is 0.277 e. The molecule has 1 amide bonds. The molecule has 0 saturated carbocycles. The lowest BCUT2D eigenvalue weighted by Gasteiger charge is -2.21. The highest BCUT2D eigenvalue weighted by atomic mass is 32.2. The van der Waals surface area contributed by atoms with Gasteiger partial charge in [0.25, 0.3) is 5.91 Å². The standard InChI is InChI=1S/C20H24FN5O3S/c1-10-8-26-20(29-9-10)18(30(22,23)28)17(25-26)19(27)24-16-14-4-2-3-11(14)5-12-6-13(21)7-15(12)16/h5,10,13H,2-4,6-9H2,1H3,(H,24,27)(H3,22,23,28)/t10?,13-/m0/s1. The van der Waals surface area contributed by atoms with Crippen molar-refractivity contribution < 1.29 is 18.1 Å². The van der Waals surface area contributed by atoms with Crippen LogP contribution in [0.2, 0.25) is 0 Å². The number of halogens is 1. The van der Waals surface area contributed by atoms with Crippen molar-refractivity contribution in [3.05, 3.63) is 34.0 Å². The van der Waals surface area contributed by atoms with E-state index in [2.05, 4.69) is 16.5 Å². The number of fused-ring (bicyclic) bond motifs is 3. The van der Waals surface area contributed by atoms with Gasteiger partial charge in [0.1, 0.15) is 16.1 Å². The first kappa shape index (κ1) is 19.5. The molecule has 1 aromatic heterocycles. The molecule has 3 atom stereocenters. The van der Waals surface area contributed by atoms with Crippen LogP contribution in [-0.2, 0) is 42.1 Å². The van der Waals surface area contributed by atoms with Gasteiger partial charge < -0.3 is 10.1 Å². The number of alkyl halides is 1. The van der Waals surface area contributed by atoms with E-state index in [9.17, 15) is 13.4 Å². The quantitative estimate of drug-likeness (QED) is 0.687. The van der Waals surface area contributed by atoms with E-state index in [1.54, 1.807) is 0 Å². The summed E-state index contributed by atoms with van der Waals surface area (Å²) in [6.07, 6.45) is 2.36. The topological polar surface area (TPSA) is 123 Å². The minimum atomic E-state index is -3.75. The van der Waals surface area contributed by atoms with Crippen molar-refractivity contribution in [2.45, 2.75) is 56.6 Å². The highest BCUT2D eigenvalue weighted by molar-refractivity contribution is 7.90. The van der Waals surface area contributed by atoms with E-state index in [4.69, 9.17) is 14.7 Å². The number of hydrogen-bond acceptors (Lipinski definition) is 5. The van der Waals surface area contributed by atoms with E-state index < -0.39 is 22.0 Å². The van der Waals surface area contributed by atoms with Crippen molar-refractivity contribution in [3.8, 4) is 5.88 Å². The second kappa shape index (κ2) is 6.78. The number of hydrogen-bond donors (Lipinski definition) is 3. The predicted octanol–water partition coefficient (Wildman–Crippen LogP) is 2.37. The Morgan fingerprint density at radius 2 is 2.17 bits per heavy atom. The van der Waals surface area contributed by atoms with Gasteiger partial charge in [-0.3, -0.25) is 4.79 Å². The molecule has 2 aromatic rings. The maximum absolute atomic E-state index is 14.1. The summed E-state index contributed by atoms with van der Waals surface area (Å²) in [4.78, 5) is 13.1. The van der Waals surface area contributed by atoms with Crippen LogP contribution in [0.1, 0.15) is 46.1 Å². The van der Waals surface area contributed by atoms with Crippen molar-refractivity contribution in [2.24, 2.45) is 11.1 Å². The number of anilines is 1. The van der Waals surface area contributed by atoms with Crippen molar-refractivity contribution >= 4 is 21.5 Å². The fourth-order valence-corrected chi connectivity index (χ4v) is 5.65. The van der Waals surface area contributed by atoms with Gasteiger partial charge >= 0.3 is 0 Å². The lowest BCUT2D eigenvalue weighted by atomic mass is 9.98. The lowest BCUT2D eigenvalue weighted by molar-refractivity contribution is 0.101. The molecule has 8 nitrogen and oxygen atoms in total. The zero-order valence-corrected chi connectivity index (χ0v) is 17.5. The zero-order chi connectivity index (χ0) is 21.2. The van der Waals surface area contributed by atoms with Crippen LogP contribution in [0.15, 0.2) is 11.0 Å². The fraction of sp³-hybridized carbons (Fsp3) is 0.500. The fourth-order valence-electron chi connectivity index (χ4n) is 4.81. The predicted molar refractivity (Wildman–Crippen MR) is 109 cm³/mol. The van der Waals surface area contributed by atoms with Crippen LogP contribution in [0.3, 0.4) is 0 Å². The number of benzene rings is 1. The molecular weight excluding hydrogens is 409 g/mol. The van der Waals surface area contributed by atoms with Gasteiger partial charge in [0.05, 0.1) is 13.2 Å². The molecule has 160 valence electrons. The van der Waals surface area contributed by atoms with E-state index >= 15 is 0 Å². The summed E-state index contributed by atoms with van der Waals surface area (Å²) in [5, 5.41) is 12.8. The molecule has 10 heteroatoms. The third kappa shape index (κ3) is 3.09. The summed E-state index contributed by atoms with van der Waals surface area (Å²) in [6, 6.07) is 2.07. The Labute approximate surface area is 174 Å². The third-order valence-corrected chi connectivity index (χ3v) is 7.05. The van der Waals surface area contributed by atoms with Crippen molar-refractivity contribution in [1.82, 2.24) is 9.78 Å². The van der Waals surface area contributed by atoms with Gasteiger partial charge in [0.2, 0.25) is 5.88 Å². The Morgan fingerprint density at radius 3 is 2.93 bits per heavy atom. The van der Waals surface area contributed by atoms with E-state index in [0.717, 1.165) is 41.5 Å². The molecule has 3 aliphatic rings. The number of nitrogens with two attached hydrogens (primary N) is 1. The van der Waals surface area contributed by atoms with Crippen molar-refractivity contribution in [1.29, 1.82) is 4.78 Å². The van der Waals surface area contributed by atoms with Gasteiger partial charge in [-0.25, -0.2) is 23.2 Å². The average Bonchev–Trinajstić information content (AvgIpc) is 3.35. The Morgan fingerprint density at radius 1 is 1.37 bits per heavy atom. The molecule has 0 fully saturated rings. The molecule has 5 rings (SSSR count). The molecule has 1 aliphatic heterocycles. The highest BCUT2D eigenvalue weighted by Crippen LogP contribution is 2.40. The summed E-state index contributed by atoms with van der Waals surface area (Å²) < 4.78 is 41.6. The summed E-state index contributed by atoms with van der Waals surface area (Å²) in [6.45, 7) is 2.81. The number of ether oxygens (including phenoxy) is 1. The second-order valence-electron chi connectivity index (χ2n) is 8.52. The molecule has 0 saturated heterocycles. The number of carbonyl (C=O) groups is 1. The molecule has 0 bridgehead atoms.